The molecule has 2 heterocycles. The van der Waals surface area contributed by atoms with Gasteiger partial charge in [-0.2, -0.15) is 0 Å². The maximum absolute atomic E-state index is 5.79. The minimum atomic E-state index is 0.220. The van der Waals surface area contributed by atoms with Gasteiger partial charge in [0.25, 0.3) is 0 Å². The Kier molecular flexibility index (Phi) is 2.93. The molecule has 0 saturated heterocycles. The third kappa shape index (κ3) is 1.85. The van der Waals surface area contributed by atoms with Crippen LogP contribution in [0.2, 0.25) is 0 Å². The van der Waals surface area contributed by atoms with Gasteiger partial charge in [0.2, 0.25) is 0 Å². The van der Waals surface area contributed by atoms with E-state index in [0.29, 0.717) is 17.9 Å². The Morgan fingerprint density at radius 2 is 2.28 bits per heavy atom. The number of hydrogen-bond donors (Lipinski definition) is 2. The van der Waals surface area contributed by atoms with Gasteiger partial charge in [-0.3, -0.25) is 0 Å². The van der Waals surface area contributed by atoms with Crippen LogP contribution in [0.4, 0.5) is 0 Å². The van der Waals surface area contributed by atoms with Crippen LogP contribution in [0.5, 0.6) is 5.75 Å². The molecular formula is C13H15N3OS. The molecule has 0 radical (unpaired) electrons. The third-order valence-corrected chi connectivity index (χ3v) is 3.64. The predicted molar refractivity (Wildman–Crippen MR) is 72.2 cm³/mol. The molecule has 18 heavy (non-hydrogen) atoms. The van der Waals surface area contributed by atoms with Crippen LogP contribution in [-0.4, -0.2) is 16.2 Å². The summed E-state index contributed by atoms with van der Waals surface area (Å²) in [7, 11) is 0. The summed E-state index contributed by atoms with van der Waals surface area (Å²) < 4.78 is 8.58. The molecule has 0 unspecified atom stereocenters. The number of ether oxygens (including phenoxy) is 1. The summed E-state index contributed by atoms with van der Waals surface area (Å²) in [6.07, 6.45) is 2.80. The summed E-state index contributed by atoms with van der Waals surface area (Å²) in [6, 6.07) is 8.35. The quantitative estimate of drug-likeness (QED) is 0.815. The van der Waals surface area contributed by atoms with E-state index >= 15 is 0 Å². The first kappa shape index (κ1) is 11.5. The normalized spacial score (nSPS) is 18.2. The fraction of sp³-hybridized carbons (Fsp3) is 0.308. The first-order chi connectivity index (χ1) is 8.79. The lowest BCUT2D eigenvalue weighted by Gasteiger charge is -2.27. The number of rotatable bonds is 2. The second-order valence-corrected chi connectivity index (χ2v) is 4.82. The molecule has 1 aromatic carbocycles. The van der Waals surface area contributed by atoms with Gasteiger partial charge in [0.05, 0.1) is 11.7 Å². The second kappa shape index (κ2) is 4.59. The van der Waals surface area contributed by atoms with Gasteiger partial charge < -0.3 is 20.0 Å². The van der Waals surface area contributed by atoms with Crippen molar-refractivity contribution in [1.29, 1.82) is 0 Å². The Balaban J connectivity index is 1.96. The number of fused-ring (bicyclic) bond motifs is 1. The van der Waals surface area contributed by atoms with E-state index in [1.807, 2.05) is 24.4 Å². The molecule has 3 N–H and O–H groups in total. The zero-order chi connectivity index (χ0) is 12.5. The van der Waals surface area contributed by atoms with Crippen LogP contribution in [0.15, 0.2) is 30.5 Å². The Hall–Kier alpha value is -1.59. The molecule has 94 valence electrons. The number of aromatic nitrogens is 2. The average Bonchev–Trinajstić information content (AvgIpc) is 2.79. The van der Waals surface area contributed by atoms with Crippen molar-refractivity contribution in [3.63, 3.8) is 0 Å². The largest absolute Gasteiger partial charge is 0.491 e. The summed E-state index contributed by atoms with van der Waals surface area (Å²) in [6.45, 7) is 1.11. The van der Waals surface area contributed by atoms with Crippen LogP contribution in [0, 0.1) is 4.77 Å². The zero-order valence-corrected chi connectivity index (χ0v) is 10.7. The molecule has 0 saturated carbocycles. The van der Waals surface area contributed by atoms with Crippen molar-refractivity contribution in [2.45, 2.75) is 19.0 Å². The van der Waals surface area contributed by atoms with Crippen molar-refractivity contribution >= 4 is 12.2 Å². The number of H-pyrrole nitrogens is 1. The molecule has 0 aliphatic carbocycles. The van der Waals surface area contributed by atoms with Gasteiger partial charge in [-0.15, -0.1) is 0 Å². The number of benzene rings is 1. The Morgan fingerprint density at radius 1 is 1.44 bits per heavy atom. The smallest absolute Gasteiger partial charge is 0.177 e. The highest BCUT2D eigenvalue weighted by atomic mass is 32.1. The number of aromatic amines is 1. The highest BCUT2D eigenvalue weighted by molar-refractivity contribution is 7.71. The first-order valence-electron chi connectivity index (χ1n) is 5.99. The van der Waals surface area contributed by atoms with Crippen molar-refractivity contribution in [3.05, 3.63) is 46.5 Å². The molecule has 1 aromatic heterocycles. The van der Waals surface area contributed by atoms with Crippen LogP contribution in [0.1, 0.15) is 17.3 Å². The SMILES string of the molecule is NCc1c[nH]c(=S)n1[C@@H]1COc2ccccc2C1. The second-order valence-electron chi connectivity index (χ2n) is 4.44. The van der Waals surface area contributed by atoms with Crippen LogP contribution in [-0.2, 0) is 13.0 Å². The molecule has 4 nitrogen and oxygen atoms in total. The molecule has 1 aliphatic heterocycles. The first-order valence-corrected chi connectivity index (χ1v) is 6.40. The predicted octanol–water partition coefficient (Wildman–Crippen LogP) is 2.18. The molecule has 0 spiro atoms. The van der Waals surface area contributed by atoms with E-state index in [2.05, 4.69) is 15.6 Å². The lowest BCUT2D eigenvalue weighted by molar-refractivity contribution is 0.220. The minimum absolute atomic E-state index is 0.220. The van der Waals surface area contributed by atoms with E-state index in [4.69, 9.17) is 22.7 Å². The van der Waals surface area contributed by atoms with Crippen LogP contribution in [0.25, 0.3) is 0 Å². The van der Waals surface area contributed by atoms with Gasteiger partial charge in [0, 0.05) is 19.2 Å². The fourth-order valence-corrected chi connectivity index (χ4v) is 2.78. The fourth-order valence-electron chi connectivity index (χ4n) is 2.45. The van der Waals surface area contributed by atoms with Gasteiger partial charge in [0.1, 0.15) is 12.4 Å². The highest BCUT2D eigenvalue weighted by Gasteiger charge is 2.22. The zero-order valence-electron chi connectivity index (χ0n) is 9.93. The van der Waals surface area contributed by atoms with Gasteiger partial charge in [-0.25, -0.2) is 0 Å². The summed E-state index contributed by atoms with van der Waals surface area (Å²) in [5.74, 6) is 0.977. The van der Waals surface area contributed by atoms with Crippen LogP contribution >= 0.6 is 12.2 Å². The lowest BCUT2D eigenvalue weighted by atomic mass is 10.0. The van der Waals surface area contributed by atoms with E-state index in [0.717, 1.165) is 17.9 Å². The molecule has 1 atom stereocenters. The molecule has 2 aromatic rings. The van der Waals surface area contributed by atoms with Crippen LogP contribution < -0.4 is 10.5 Å². The Morgan fingerprint density at radius 3 is 3.11 bits per heavy atom. The van der Waals surface area contributed by atoms with Crippen molar-refractivity contribution in [2.75, 3.05) is 6.61 Å². The van der Waals surface area contributed by atoms with Gasteiger partial charge >= 0.3 is 0 Å². The topological polar surface area (TPSA) is 56.0 Å². The summed E-state index contributed by atoms with van der Waals surface area (Å²) in [4.78, 5) is 3.05. The molecular weight excluding hydrogens is 246 g/mol. The van der Waals surface area contributed by atoms with Gasteiger partial charge in [-0.05, 0) is 23.8 Å². The third-order valence-electron chi connectivity index (χ3n) is 3.32. The van der Waals surface area contributed by atoms with Crippen molar-refractivity contribution in [2.24, 2.45) is 5.73 Å². The van der Waals surface area contributed by atoms with E-state index in [1.54, 1.807) is 0 Å². The van der Waals surface area contributed by atoms with Crippen LogP contribution in [0.3, 0.4) is 0 Å². The monoisotopic (exact) mass is 261 g/mol. The summed E-state index contributed by atoms with van der Waals surface area (Å²) in [5.41, 5.74) is 7.98. The summed E-state index contributed by atoms with van der Waals surface area (Å²) in [5, 5.41) is 0. The number of nitrogens with one attached hydrogen (secondary N) is 1. The minimum Gasteiger partial charge on any atom is -0.491 e. The van der Waals surface area contributed by atoms with Crippen molar-refractivity contribution in [1.82, 2.24) is 9.55 Å². The van der Waals surface area contributed by atoms with E-state index in [1.165, 1.54) is 5.56 Å². The number of nitrogens with two attached hydrogens (primary N) is 1. The van der Waals surface area contributed by atoms with Crippen molar-refractivity contribution in [3.8, 4) is 5.75 Å². The van der Waals surface area contributed by atoms with Crippen molar-refractivity contribution < 1.29 is 4.74 Å². The maximum atomic E-state index is 5.79. The van der Waals surface area contributed by atoms with E-state index in [9.17, 15) is 0 Å². The average molecular weight is 261 g/mol. The van der Waals surface area contributed by atoms with Gasteiger partial charge in [-0.1, -0.05) is 18.2 Å². The lowest BCUT2D eigenvalue weighted by Crippen LogP contribution is -2.26. The molecule has 3 rings (SSSR count). The Labute approximate surface area is 110 Å². The standard InChI is InChI=1S/C13H15N3OS/c14-6-11-7-15-13(18)16(11)10-5-9-3-1-2-4-12(9)17-8-10/h1-4,7,10H,5-6,8,14H2,(H,15,18)/t10-/m0/s1. The highest BCUT2D eigenvalue weighted by Crippen LogP contribution is 2.30. The molecule has 0 fully saturated rings. The number of nitrogens with zero attached hydrogens (tertiary/aromatic N) is 1. The number of imidazole rings is 1. The molecule has 5 heteroatoms. The van der Waals surface area contributed by atoms with Gasteiger partial charge in [0.15, 0.2) is 4.77 Å². The molecule has 1 aliphatic rings. The maximum Gasteiger partial charge on any atom is 0.177 e. The number of hydrogen-bond acceptors (Lipinski definition) is 3. The van der Waals surface area contributed by atoms with E-state index in [-0.39, 0.29) is 6.04 Å². The van der Waals surface area contributed by atoms with E-state index < -0.39 is 0 Å². The number of para-hydroxylation sites is 1. The molecule has 0 amide bonds. The Bertz CT molecular complexity index is 617. The summed E-state index contributed by atoms with van der Waals surface area (Å²) >= 11 is 5.31. The molecule has 0 bridgehead atoms.